The summed E-state index contributed by atoms with van der Waals surface area (Å²) >= 11 is -0.826. The van der Waals surface area contributed by atoms with E-state index in [0.717, 1.165) is 23.0 Å². The number of phenolic OH excluding ortho intramolecular Hbond substituents is 1. The summed E-state index contributed by atoms with van der Waals surface area (Å²) in [4.78, 5) is 4.63. The third-order valence-corrected chi connectivity index (χ3v) is 3.98. The molecule has 0 bridgehead atoms. The Bertz CT molecular complexity index is 467. The van der Waals surface area contributed by atoms with E-state index in [9.17, 15) is 5.11 Å². The second-order valence-corrected chi connectivity index (χ2v) is 8.90. The first-order valence-electron chi connectivity index (χ1n) is 6.45. The van der Waals surface area contributed by atoms with Gasteiger partial charge in [-0.05, 0) is 49.7 Å². The van der Waals surface area contributed by atoms with Crippen molar-refractivity contribution in [2.75, 3.05) is 0 Å². The molecule has 0 spiro atoms. The van der Waals surface area contributed by atoms with E-state index in [1.807, 2.05) is 31.3 Å². The standard InChI is InChI=1S/C14H17NO.2ClH.Zr/c1-9-3-2-4-11(14(9)16)8-15-13-6-5-10-7-12(10)13;;;/h2-4,8,10,12-13,16H,5-7H2,1H3;2*1H;/q;;;+2/p-2. The molecular formula is C14H17Cl2NOZr. The summed E-state index contributed by atoms with van der Waals surface area (Å²) in [5, 5.41) is 9.86. The van der Waals surface area contributed by atoms with Crippen molar-refractivity contribution in [2.45, 2.75) is 32.2 Å². The van der Waals surface area contributed by atoms with E-state index in [0.29, 0.717) is 11.8 Å². The molecule has 1 aromatic carbocycles. The quantitative estimate of drug-likeness (QED) is 0.766. The number of fused-ring (bicyclic) bond motifs is 1. The number of phenols is 1. The molecule has 0 aromatic heterocycles. The van der Waals surface area contributed by atoms with Crippen LogP contribution in [0.15, 0.2) is 23.2 Å². The molecule has 102 valence electrons. The van der Waals surface area contributed by atoms with Gasteiger partial charge < -0.3 is 5.11 Å². The maximum absolute atomic E-state index is 9.86. The van der Waals surface area contributed by atoms with Crippen LogP contribution in [0, 0.1) is 18.8 Å². The number of aliphatic imine (C=N–C) groups is 1. The number of aryl methyl sites for hydroxylation is 1. The van der Waals surface area contributed by atoms with Gasteiger partial charge in [0.05, 0.1) is 6.04 Å². The van der Waals surface area contributed by atoms with Crippen molar-refractivity contribution in [3.8, 4) is 5.75 Å². The molecule has 2 nitrogen and oxygen atoms in total. The molecule has 0 radical (unpaired) electrons. The molecule has 3 atom stereocenters. The summed E-state index contributed by atoms with van der Waals surface area (Å²) in [5.41, 5.74) is 1.77. The van der Waals surface area contributed by atoms with Crippen LogP contribution >= 0.6 is 17.0 Å². The Morgan fingerprint density at radius 2 is 2.11 bits per heavy atom. The van der Waals surface area contributed by atoms with E-state index in [1.165, 1.54) is 19.3 Å². The van der Waals surface area contributed by atoms with Crippen molar-refractivity contribution in [1.82, 2.24) is 0 Å². The molecule has 1 N–H and O–H groups in total. The van der Waals surface area contributed by atoms with Crippen LogP contribution in [0.3, 0.4) is 0 Å². The molecule has 2 aliphatic carbocycles. The fraction of sp³-hybridized carbons (Fsp3) is 0.500. The minimum atomic E-state index is -0.826. The van der Waals surface area contributed by atoms with E-state index in [1.54, 1.807) is 0 Å². The molecule has 0 amide bonds. The van der Waals surface area contributed by atoms with Gasteiger partial charge in [0, 0.05) is 11.8 Å². The number of hydrogen-bond acceptors (Lipinski definition) is 2. The molecule has 3 unspecified atom stereocenters. The third-order valence-electron chi connectivity index (χ3n) is 3.98. The second-order valence-electron chi connectivity index (χ2n) is 5.17. The van der Waals surface area contributed by atoms with Crippen molar-refractivity contribution in [2.24, 2.45) is 16.8 Å². The van der Waals surface area contributed by atoms with Gasteiger partial charge in [0.25, 0.3) is 0 Å². The SMILES string of the molecule is Cc1cccc(C=NC2CCC3CC32)c1O.[Cl][Zr][Cl]. The van der Waals surface area contributed by atoms with Gasteiger partial charge in [0.1, 0.15) is 5.75 Å². The average Bonchev–Trinajstić information content (AvgIpc) is 3.06. The van der Waals surface area contributed by atoms with Crippen LogP contribution in [0.4, 0.5) is 0 Å². The van der Waals surface area contributed by atoms with Crippen molar-refractivity contribution in [1.29, 1.82) is 0 Å². The van der Waals surface area contributed by atoms with Crippen LogP contribution in [0.2, 0.25) is 0 Å². The molecule has 2 saturated carbocycles. The molecule has 1 aromatic rings. The Kier molecular flexibility index (Phi) is 5.93. The fourth-order valence-corrected chi connectivity index (χ4v) is 2.82. The Hall–Kier alpha value is 0.153. The van der Waals surface area contributed by atoms with Crippen LogP contribution < -0.4 is 0 Å². The van der Waals surface area contributed by atoms with Crippen molar-refractivity contribution >= 4 is 23.2 Å². The van der Waals surface area contributed by atoms with Crippen molar-refractivity contribution < 1.29 is 26.0 Å². The Morgan fingerprint density at radius 3 is 2.68 bits per heavy atom. The minimum absolute atomic E-state index is 0.372. The third kappa shape index (κ3) is 4.06. The second kappa shape index (κ2) is 7.24. The van der Waals surface area contributed by atoms with Crippen molar-refractivity contribution in [3.63, 3.8) is 0 Å². The van der Waals surface area contributed by atoms with Gasteiger partial charge in [-0.25, -0.2) is 0 Å². The van der Waals surface area contributed by atoms with Gasteiger partial charge in [-0.1, -0.05) is 12.1 Å². The normalized spacial score (nSPS) is 27.6. The summed E-state index contributed by atoms with van der Waals surface area (Å²) in [6.07, 6.45) is 5.82. The summed E-state index contributed by atoms with van der Waals surface area (Å²) in [6.45, 7) is 1.92. The number of para-hydroxylation sites is 1. The molecule has 0 saturated heterocycles. The van der Waals surface area contributed by atoms with E-state index in [2.05, 4.69) is 4.99 Å². The molecule has 3 rings (SSSR count). The van der Waals surface area contributed by atoms with Crippen molar-refractivity contribution in [3.05, 3.63) is 29.3 Å². The van der Waals surface area contributed by atoms with Crippen LogP contribution in [0.1, 0.15) is 30.4 Å². The number of nitrogens with zero attached hydrogens (tertiary/aromatic N) is 1. The number of benzene rings is 1. The van der Waals surface area contributed by atoms with E-state index in [-0.39, 0.29) is 0 Å². The van der Waals surface area contributed by atoms with Gasteiger partial charge in [0.2, 0.25) is 0 Å². The molecular weight excluding hydrogens is 360 g/mol. The topological polar surface area (TPSA) is 32.6 Å². The number of rotatable bonds is 2. The number of hydrogen-bond donors (Lipinski definition) is 1. The van der Waals surface area contributed by atoms with Crippen LogP contribution in [0.5, 0.6) is 5.75 Å². The molecule has 0 heterocycles. The van der Waals surface area contributed by atoms with E-state index in [4.69, 9.17) is 17.0 Å². The predicted molar refractivity (Wildman–Crippen MR) is 76.8 cm³/mol. The number of aromatic hydroxyl groups is 1. The van der Waals surface area contributed by atoms with E-state index < -0.39 is 20.8 Å². The molecule has 0 aliphatic heterocycles. The fourth-order valence-electron chi connectivity index (χ4n) is 2.82. The zero-order valence-corrected chi connectivity index (χ0v) is 14.8. The van der Waals surface area contributed by atoms with Crippen LogP contribution in [0.25, 0.3) is 0 Å². The first-order chi connectivity index (χ1) is 9.17. The zero-order valence-electron chi connectivity index (χ0n) is 10.8. The van der Waals surface area contributed by atoms with Gasteiger partial charge in [0.15, 0.2) is 0 Å². The summed E-state index contributed by atoms with van der Waals surface area (Å²) in [5.74, 6) is 2.19. The summed E-state index contributed by atoms with van der Waals surface area (Å²) in [6, 6.07) is 6.32. The molecule has 2 aliphatic rings. The van der Waals surface area contributed by atoms with Gasteiger partial charge in [-0.2, -0.15) is 0 Å². The number of halogens is 2. The monoisotopic (exact) mass is 375 g/mol. The van der Waals surface area contributed by atoms with Gasteiger partial charge in [-0.15, -0.1) is 0 Å². The Labute approximate surface area is 132 Å². The summed E-state index contributed by atoms with van der Waals surface area (Å²) < 4.78 is 0. The Morgan fingerprint density at radius 1 is 1.37 bits per heavy atom. The first kappa shape index (κ1) is 15.5. The molecule has 19 heavy (non-hydrogen) atoms. The Balaban J connectivity index is 0.000000408. The summed E-state index contributed by atoms with van der Waals surface area (Å²) in [7, 11) is 9.87. The van der Waals surface area contributed by atoms with Gasteiger partial charge in [-0.3, -0.25) is 4.99 Å². The molecule has 2 fully saturated rings. The first-order valence-corrected chi connectivity index (χ1v) is 12.8. The maximum atomic E-state index is 9.86. The average molecular weight is 377 g/mol. The van der Waals surface area contributed by atoms with Gasteiger partial charge >= 0.3 is 37.9 Å². The van der Waals surface area contributed by atoms with Crippen LogP contribution in [-0.2, 0) is 20.8 Å². The predicted octanol–water partition coefficient (Wildman–Crippen LogP) is 4.29. The van der Waals surface area contributed by atoms with Crippen LogP contribution in [-0.4, -0.2) is 17.4 Å². The van der Waals surface area contributed by atoms with E-state index >= 15 is 0 Å². The zero-order chi connectivity index (χ0) is 13.8. The molecule has 5 heteroatoms.